The maximum Gasteiger partial charge on any atom is 0.251 e. The maximum atomic E-state index is 12.1. The van der Waals surface area contributed by atoms with E-state index in [1.807, 2.05) is 26.0 Å². The summed E-state index contributed by atoms with van der Waals surface area (Å²) in [6.45, 7) is 7.90. The van der Waals surface area contributed by atoms with Crippen molar-refractivity contribution < 1.29 is 14.6 Å². The smallest absolute Gasteiger partial charge is 0.251 e. The lowest BCUT2D eigenvalue weighted by Gasteiger charge is -2.23. The van der Waals surface area contributed by atoms with Crippen LogP contribution in [0.1, 0.15) is 38.1 Å². The predicted octanol–water partition coefficient (Wildman–Crippen LogP) is 2.53. The number of nitrogens with one attached hydrogen (secondary N) is 1. The van der Waals surface area contributed by atoms with Crippen LogP contribution < -0.4 is 10.1 Å². The van der Waals surface area contributed by atoms with Gasteiger partial charge in [-0.15, -0.1) is 0 Å². The molecule has 0 spiro atoms. The SMILES string of the molecule is CC(C)=CCOc1cccc(C(=O)NC(C)(C)CO)c1. The zero-order valence-corrected chi connectivity index (χ0v) is 12.6. The molecule has 4 heteroatoms. The van der Waals surface area contributed by atoms with Gasteiger partial charge in [-0.05, 0) is 52.0 Å². The van der Waals surface area contributed by atoms with E-state index in [2.05, 4.69) is 5.32 Å². The minimum Gasteiger partial charge on any atom is -0.490 e. The zero-order chi connectivity index (χ0) is 15.2. The summed E-state index contributed by atoms with van der Waals surface area (Å²) in [6, 6.07) is 7.00. The summed E-state index contributed by atoms with van der Waals surface area (Å²) >= 11 is 0. The molecule has 0 aliphatic carbocycles. The summed E-state index contributed by atoms with van der Waals surface area (Å²) in [5.41, 5.74) is 1.06. The highest BCUT2D eigenvalue weighted by Crippen LogP contribution is 2.14. The van der Waals surface area contributed by atoms with Gasteiger partial charge in [0, 0.05) is 5.56 Å². The first-order valence-corrected chi connectivity index (χ1v) is 6.63. The lowest BCUT2D eigenvalue weighted by Crippen LogP contribution is -2.46. The molecule has 1 aromatic carbocycles. The van der Waals surface area contributed by atoms with E-state index < -0.39 is 5.54 Å². The van der Waals surface area contributed by atoms with E-state index in [4.69, 9.17) is 9.84 Å². The Bertz CT molecular complexity index is 488. The van der Waals surface area contributed by atoms with Crippen LogP contribution in [0.3, 0.4) is 0 Å². The van der Waals surface area contributed by atoms with E-state index in [-0.39, 0.29) is 12.5 Å². The molecule has 0 aromatic heterocycles. The molecule has 1 aromatic rings. The number of benzene rings is 1. The molecule has 0 aliphatic heterocycles. The minimum absolute atomic E-state index is 0.116. The average molecular weight is 277 g/mol. The molecule has 2 N–H and O–H groups in total. The fraction of sp³-hybridized carbons (Fsp3) is 0.438. The van der Waals surface area contributed by atoms with Crippen LogP contribution in [0.2, 0.25) is 0 Å². The first-order chi connectivity index (χ1) is 9.34. The monoisotopic (exact) mass is 277 g/mol. The van der Waals surface area contributed by atoms with Gasteiger partial charge in [-0.2, -0.15) is 0 Å². The van der Waals surface area contributed by atoms with Crippen LogP contribution in [0.25, 0.3) is 0 Å². The second-order valence-corrected chi connectivity index (χ2v) is 5.62. The van der Waals surface area contributed by atoms with Crippen molar-refractivity contribution in [3.63, 3.8) is 0 Å². The van der Waals surface area contributed by atoms with E-state index in [1.165, 1.54) is 5.57 Å². The summed E-state index contributed by atoms with van der Waals surface area (Å²) in [5, 5.41) is 11.9. The number of hydrogen-bond acceptors (Lipinski definition) is 3. The van der Waals surface area contributed by atoms with Gasteiger partial charge >= 0.3 is 0 Å². The summed E-state index contributed by atoms with van der Waals surface area (Å²) in [6.07, 6.45) is 1.97. The highest BCUT2D eigenvalue weighted by Gasteiger charge is 2.20. The van der Waals surface area contributed by atoms with Gasteiger partial charge in [0.25, 0.3) is 5.91 Å². The van der Waals surface area contributed by atoms with Crippen molar-refractivity contribution in [2.45, 2.75) is 33.2 Å². The molecular weight excluding hydrogens is 254 g/mol. The zero-order valence-electron chi connectivity index (χ0n) is 12.6. The Kier molecular flexibility index (Phi) is 5.77. The molecule has 0 fully saturated rings. The van der Waals surface area contributed by atoms with E-state index in [9.17, 15) is 4.79 Å². The van der Waals surface area contributed by atoms with Gasteiger partial charge in [0.1, 0.15) is 12.4 Å². The first-order valence-electron chi connectivity index (χ1n) is 6.63. The Labute approximate surface area is 120 Å². The fourth-order valence-corrected chi connectivity index (χ4v) is 1.45. The summed E-state index contributed by atoms with van der Waals surface area (Å²) in [4.78, 5) is 12.1. The van der Waals surface area contributed by atoms with Gasteiger partial charge in [0.05, 0.1) is 12.1 Å². The van der Waals surface area contributed by atoms with Gasteiger partial charge in [0.2, 0.25) is 0 Å². The van der Waals surface area contributed by atoms with Gasteiger partial charge < -0.3 is 15.2 Å². The van der Waals surface area contributed by atoms with Crippen LogP contribution in [0.5, 0.6) is 5.75 Å². The van der Waals surface area contributed by atoms with E-state index in [0.29, 0.717) is 17.9 Å². The lowest BCUT2D eigenvalue weighted by atomic mass is 10.1. The van der Waals surface area contributed by atoms with Crippen molar-refractivity contribution in [2.75, 3.05) is 13.2 Å². The molecule has 1 amide bonds. The molecule has 20 heavy (non-hydrogen) atoms. The molecule has 1 rings (SSSR count). The van der Waals surface area contributed by atoms with Gasteiger partial charge in [0.15, 0.2) is 0 Å². The molecule has 0 saturated heterocycles. The van der Waals surface area contributed by atoms with E-state index >= 15 is 0 Å². The van der Waals surface area contributed by atoms with Gasteiger partial charge in [-0.1, -0.05) is 11.6 Å². The van der Waals surface area contributed by atoms with Crippen molar-refractivity contribution in [3.05, 3.63) is 41.5 Å². The van der Waals surface area contributed by atoms with Crippen molar-refractivity contribution in [1.82, 2.24) is 5.32 Å². The van der Waals surface area contributed by atoms with E-state index in [1.54, 1.807) is 32.0 Å². The number of carbonyl (C=O) groups excluding carboxylic acids is 1. The van der Waals surface area contributed by atoms with Crippen LogP contribution in [-0.2, 0) is 0 Å². The highest BCUT2D eigenvalue weighted by atomic mass is 16.5. The topological polar surface area (TPSA) is 58.6 Å². The number of amides is 1. The highest BCUT2D eigenvalue weighted by molar-refractivity contribution is 5.95. The Hall–Kier alpha value is -1.81. The normalized spacial score (nSPS) is 10.8. The number of carbonyl (C=O) groups is 1. The molecule has 0 heterocycles. The quantitative estimate of drug-likeness (QED) is 0.786. The largest absolute Gasteiger partial charge is 0.490 e. The third-order valence-corrected chi connectivity index (χ3v) is 2.69. The third kappa shape index (κ3) is 5.45. The molecule has 4 nitrogen and oxygen atoms in total. The Morgan fingerprint density at radius 1 is 1.40 bits per heavy atom. The standard InChI is InChI=1S/C16H23NO3/c1-12(2)8-9-20-14-7-5-6-13(10-14)15(19)17-16(3,4)11-18/h5-8,10,18H,9,11H2,1-4H3,(H,17,19). The summed E-state index contributed by atoms with van der Waals surface area (Å²) in [5.74, 6) is 0.425. The van der Waals surface area contributed by atoms with Crippen molar-refractivity contribution >= 4 is 5.91 Å². The molecule has 0 aliphatic rings. The minimum atomic E-state index is -0.643. The van der Waals surface area contributed by atoms with Crippen LogP contribution >= 0.6 is 0 Å². The Balaban J connectivity index is 2.72. The number of hydrogen-bond donors (Lipinski definition) is 2. The Morgan fingerprint density at radius 3 is 2.70 bits per heavy atom. The average Bonchev–Trinajstić information content (AvgIpc) is 2.38. The second-order valence-electron chi connectivity index (χ2n) is 5.62. The third-order valence-electron chi connectivity index (χ3n) is 2.69. The van der Waals surface area contributed by atoms with Gasteiger partial charge in [-0.3, -0.25) is 4.79 Å². The first kappa shape index (κ1) is 16.2. The number of allylic oxidation sites excluding steroid dienone is 1. The molecular formula is C16H23NO3. The summed E-state index contributed by atoms with van der Waals surface area (Å²) in [7, 11) is 0. The molecule has 0 unspecified atom stereocenters. The number of rotatable bonds is 6. The van der Waals surface area contributed by atoms with Crippen LogP contribution in [-0.4, -0.2) is 29.8 Å². The molecule has 0 radical (unpaired) electrons. The predicted molar refractivity (Wildman–Crippen MR) is 80.0 cm³/mol. The van der Waals surface area contributed by atoms with Crippen molar-refractivity contribution in [3.8, 4) is 5.75 Å². The van der Waals surface area contributed by atoms with Crippen molar-refractivity contribution in [1.29, 1.82) is 0 Å². The molecule has 0 atom stereocenters. The second kappa shape index (κ2) is 7.10. The van der Waals surface area contributed by atoms with E-state index in [0.717, 1.165) is 0 Å². The fourth-order valence-electron chi connectivity index (χ4n) is 1.45. The van der Waals surface area contributed by atoms with Gasteiger partial charge in [-0.25, -0.2) is 0 Å². The Morgan fingerprint density at radius 2 is 2.10 bits per heavy atom. The number of aliphatic hydroxyl groups excluding tert-OH is 1. The van der Waals surface area contributed by atoms with Crippen molar-refractivity contribution in [2.24, 2.45) is 0 Å². The maximum absolute atomic E-state index is 12.1. The van der Waals surface area contributed by atoms with Crippen LogP contribution in [0.15, 0.2) is 35.9 Å². The van der Waals surface area contributed by atoms with Crippen LogP contribution in [0, 0.1) is 0 Å². The molecule has 110 valence electrons. The number of ether oxygens (including phenoxy) is 1. The molecule has 0 bridgehead atoms. The number of aliphatic hydroxyl groups is 1. The molecule has 0 saturated carbocycles. The summed E-state index contributed by atoms with van der Waals surface area (Å²) < 4.78 is 5.56. The lowest BCUT2D eigenvalue weighted by molar-refractivity contribution is 0.0869. The van der Waals surface area contributed by atoms with Crippen LogP contribution in [0.4, 0.5) is 0 Å².